The van der Waals surface area contributed by atoms with Crippen molar-refractivity contribution in [1.29, 1.82) is 0 Å². The molecule has 2 heterocycles. The molecule has 9 aromatic rings. The zero-order valence-electron chi connectivity index (χ0n) is 38.3. The van der Waals surface area contributed by atoms with Crippen LogP contribution in [0.25, 0.3) is 55.5 Å². The summed E-state index contributed by atoms with van der Waals surface area (Å²) in [6.07, 6.45) is 9.14. The highest BCUT2D eigenvalue weighted by Crippen LogP contribution is 2.58. The number of fused-ring (bicyclic) bond motifs is 8. The molecule has 0 spiro atoms. The van der Waals surface area contributed by atoms with Crippen molar-refractivity contribution in [3.63, 3.8) is 0 Å². The molecular weight excluding hydrogens is 813 g/mol. The third-order valence-electron chi connectivity index (χ3n) is 14.4. The first-order chi connectivity index (χ1) is 32.7. The minimum Gasteiger partial charge on any atom is -0.309 e. The summed E-state index contributed by atoms with van der Waals surface area (Å²) in [5.74, 6) is 0.576. The monoisotopic (exact) mass is 862 g/mol. The van der Waals surface area contributed by atoms with Crippen LogP contribution in [-0.4, -0.2) is 9.97 Å². The average molecular weight is 863 g/mol. The van der Waals surface area contributed by atoms with Crippen molar-refractivity contribution < 1.29 is 0 Å². The van der Waals surface area contributed by atoms with Crippen molar-refractivity contribution in [2.24, 2.45) is 0 Å². The Balaban J connectivity index is 1.03. The Morgan fingerprint density at radius 2 is 1.10 bits per heavy atom. The molecule has 0 N–H and O–H groups in total. The molecule has 0 fully saturated rings. The minimum atomic E-state index is -0.148. The van der Waals surface area contributed by atoms with Crippen molar-refractivity contribution in [2.45, 2.75) is 44.9 Å². The van der Waals surface area contributed by atoms with Crippen LogP contribution in [0.2, 0.25) is 0 Å². The molecule has 0 saturated heterocycles. The normalized spacial score (nSPS) is 15.9. The highest BCUT2D eigenvalue weighted by atomic mass is 15.3. The lowest BCUT2D eigenvalue weighted by atomic mass is 9.82. The molecule has 12 rings (SSSR count). The molecule has 4 nitrogen and oxygen atoms in total. The van der Waals surface area contributed by atoms with E-state index in [1.165, 1.54) is 61.2 Å². The van der Waals surface area contributed by atoms with Crippen molar-refractivity contribution in [3.05, 3.63) is 246 Å². The quantitative estimate of drug-likeness (QED) is 0.167. The summed E-state index contributed by atoms with van der Waals surface area (Å²) in [7, 11) is 0. The molecule has 0 saturated carbocycles. The van der Waals surface area contributed by atoms with Gasteiger partial charge >= 0.3 is 0 Å². The fourth-order valence-corrected chi connectivity index (χ4v) is 11.1. The Kier molecular flexibility index (Phi) is 9.37. The number of benzene rings is 8. The Morgan fingerprint density at radius 1 is 0.522 bits per heavy atom. The number of allylic oxidation sites excluding steroid dienone is 4. The number of aromatic nitrogens is 2. The SMILES string of the molecule is C=C1/C=C\C=C/Cc2cc(-c3ccccc3)ccc2N1c1nc(-c2ccc(N(c3cccc4c3-c3ccccc3C4(C)C)c3cccc4c3-c3ccccc3C4(C)C)cc2)c2ccccc2n1. The third-order valence-corrected chi connectivity index (χ3v) is 14.4. The van der Waals surface area contributed by atoms with Crippen molar-refractivity contribution in [3.8, 4) is 44.6 Å². The number of para-hydroxylation sites is 1. The molecule has 8 aromatic carbocycles. The average Bonchev–Trinajstić information content (AvgIpc) is 3.77. The lowest BCUT2D eigenvalue weighted by Crippen LogP contribution is -2.19. The van der Waals surface area contributed by atoms with Gasteiger partial charge in [0.1, 0.15) is 0 Å². The summed E-state index contributed by atoms with van der Waals surface area (Å²) in [6, 6.07) is 66.2. The van der Waals surface area contributed by atoms with E-state index >= 15 is 0 Å². The molecule has 0 amide bonds. The molecule has 322 valence electrons. The van der Waals surface area contributed by atoms with Gasteiger partial charge in [-0.1, -0.05) is 192 Å². The summed E-state index contributed by atoms with van der Waals surface area (Å²) in [5, 5.41) is 0.988. The molecule has 1 aliphatic heterocycles. The van der Waals surface area contributed by atoms with Gasteiger partial charge in [0.05, 0.1) is 28.3 Å². The third kappa shape index (κ3) is 6.42. The van der Waals surface area contributed by atoms with E-state index in [4.69, 9.17) is 9.97 Å². The summed E-state index contributed by atoms with van der Waals surface area (Å²) in [6.45, 7) is 14.0. The summed E-state index contributed by atoms with van der Waals surface area (Å²) >= 11 is 0. The minimum absolute atomic E-state index is 0.148. The Labute approximate surface area is 393 Å². The van der Waals surface area contributed by atoms with E-state index in [0.717, 1.165) is 57.0 Å². The lowest BCUT2D eigenvalue weighted by molar-refractivity contribution is 0.660. The first-order valence-corrected chi connectivity index (χ1v) is 23.3. The maximum Gasteiger partial charge on any atom is 0.235 e. The van der Waals surface area contributed by atoms with Gasteiger partial charge in [-0.25, -0.2) is 9.97 Å². The molecule has 67 heavy (non-hydrogen) atoms. The van der Waals surface area contributed by atoms with Crippen LogP contribution in [-0.2, 0) is 17.3 Å². The lowest BCUT2D eigenvalue weighted by Gasteiger charge is -2.31. The first-order valence-electron chi connectivity index (χ1n) is 23.3. The smallest absolute Gasteiger partial charge is 0.235 e. The Morgan fingerprint density at radius 3 is 1.78 bits per heavy atom. The second-order valence-electron chi connectivity index (χ2n) is 19.0. The molecule has 2 aliphatic carbocycles. The van der Waals surface area contributed by atoms with Crippen LogP contribution in [0.15, 0.2) is 219 Å². The molecule has 4 heteroatoms. The van der Waals surface area contributed by atoms with Gasteiger partial charge in [0.2, 0.25) is 5.95 Å². The van der Waals surface area contributed by atoms with Gasteiger partial charge < -0.3 is 4.90 Å². The molecular formula is C63H50N4. The second kappa shape index (κ2) is 15.5. The molecule has 0 bridgehead atoms. The molecule has 1 aromatic heterocycles. The van der Waals surface area contributed by atoms with Crippen molar-refractivity contribution in [2.75, 3.05) is 9.80 Å². The molecule has 3 aliphatic rings. The number of hydrogen-bond acceptors (Lipinski definition) is 4. The molecule has 0 radical (unpaired) electrons. The van der Waals surface area contributed by atoms with Gasteiger partial charge in [-0.3, -0.25) is 4.90 Å². The molecule has 0 unspecified atom stereocenters. The van der Waals surface area contributed by atoms with Gasteiger partial charge in [0.25, 0.3) is 0 Å². The second-order valence-corrected chi connectivity index (χ2v) is 19.0. The number of anilines is 5. The Hall–Kier alpha value is -8.08. The molecule has 0 atom stereocenters. The fraction of sp³-hybridized carbons (Fsp3) is 0.111. The van der Waals surface area contributed by atoms with Gasteiger partial charge in [0, 0.05) is 44.3 Å². The maximum absolute atomic E-state index is 5.48. The predicted molar refractivity (Wildman–Crippen MR) is 280 cm³/mol. The van der Waals surface area contributed by atoms with Gasteiger partial charge in [-0.2, -0.15) is 0 Å². The van der Waals surface area contributed by atoms with Crippen LogP contribution >= 0.6 is 0 Å². The van der Waals surface area contributed by atoms with E-state index in [-0.39, 0.29) is 10.8 Å². The number of hydrogen-bond donors (Lipinski definition) is 0. The van der Waals surface area contributed by atoms with E-state index in [1.54, 1.807) is 0 Å². The van der Waals surface area contributed by atoms with Crippen LogP contribution in [0.1, 0.15) is 55.5 Å². The highest BCUT2D eigenvalue weighted by Gasteiger charge is 2.40. The van der Waals surface area contributed by atoms with Gasteiger partial charge in [0.15, 0.2) is 0 Å². The van der Waals surface area contributed by atoms with Crippen molar-refractivity contribution in [1.82, 2.24) is 9.97 Å². The summed E-state index contributed by atoms with van der Waals surface area (Å²) in [5.41, 5.74) is 21.7. The van der Waals surface area contributed by atoms with Crippen molar-refractivity contribution >= 4 is 39.6 Å². The fourth-order valence-electron chi connectivity index (χ4n) is 11.1. The van der Waals surface area contributed by atoms with Crippen LogP contribution in [0.3, 0.4) is 0 Å². The van der Waals surface area contributed by atoms with E-state index < -0.39 is 0 Å². The number of rotatable bonds is 6. The zero-order chi connectivity index (χ0) is 45.4. The predicted octanol–water partition coefficient (Wildman–Crippen LogP) is 16.4. The standard InChI is InChI=1S/C63H50N4/c1-41-20-8-6-11-23-45-40-44(42-21-9-7-10-22-42)36-39-55(45)66(41)61-64-54-31-17-14-26-49(54)60(65-61)43-34-37-46(38-35-43)67(56-32-18-29-52-58(56)47-24-12-15-27-50(47)62(52,2)3)57-33-19-30-53-59(57)48-25-13-16-28-51(48)63(53,4)5/h6-22,24-40H,1,23H2,2-5H3/b11-6-,20-8-. The summed E-state index contributed by atoms with van der Waals surface area (Å²) < 4.78 is 0. The van der Waals surface area contributed by atoms with E-state index in [9.17, 15) is 0 Å². The highest BCUT2D eigenvalue weighted by molar-refractivity contribution is 6.01. The van der Waals surface area contributed by atoms with E-state index in [0.29, 0.717) is 5.95 Å². The first kappa shape index (κ1) is 40.4. The Bertz CT molecular complexity index is 3410. The topological polar surface area (TPSA) is 32.3 Å². The van der Waals surface area contributed by atoms with E-state index in [2.05, 4.69) is 244 Å². The zero-order valence-corrected chi connectivity index (χ0v) is 38.3. The van der Waals surface area contributed by atoms with Crippen LogP contribution in [0, 0.1) is 0 Å². The van der Waals surface area contributed by atoms with Crippen LogP contribution < -0.4 is 9.80 Å². The van der Waals surface area contributed by atoms with Crippen LogP contribution in [0.5, 0.6) is 0 Å². The number of nitrogens with zero attached hydrogens (tertiary/aromatic N) is 4. The van der Waals surface area contributed by atoms with E-state index in [1.807, 2.05) is 6.08 Å². The van der Waals surface area contributed by atoms with Gasteiger partial charge in [-0.15, -0.1) is 0 Å². The maximum atomic E-state index is 5.48. The van der Waals surface area contributed by atoms with Gasteiger partial charge in [-0.05, 0) is 105 Å². The van der Waals surface area contributed by atoms with Crippen LogP contribution in [0.4, 0.5) is 28.7 Å². The summed E-state index contributed by atoms with van der Waals surface area (Å²) in [4.78, 5) is 15.4. The largest absolute Gasteiger partial charge is 0.309 e.